The Morgan fingerprint density at radius 1 is 1.55 bits per heavy atom. The Bertz CT molecular complexity index is 640. The van der Waals surface area contributed by atoms with Gasteiger partial charge in [0.15, 0.2) is 0 Å². The van der Waals surface area contributed by atoms with Crippen LogP contribution in [0.2, 0.25) is 0 Å². The van der Waals surface area contributed by atoms with E-state index in [0.29, 0.717) is 16.8 Å². The molecule has 2 rings (SSSR count). The Morgan fingerprint density at radius 3 is 3.00 bits per heavy atom. The predicted molar refractivity (Wildman–Crippen MR) is 82.7 cm³/mol. The summed E-state index contributed by atoms with van der Waals surface area (Å²) in [7, 11) is 1.83. The van der Waals surface area contributed by atoms with Crippen LogP contribution in [0, 0.1) is 0 Å². The lowest BCUT2D eigenvalue weighted by atomic mass is 10.3. The van der Waals surface area contributed by atoms with Crippen molar-refractivity contribution in [2.75, 3.05) is 13.6 Å². The van der Waals surface area contributed by atoms with Gasteiger partial charge in [0.25, 0.3) is 5.56 Å². The van der Waals surface area contributed by atoms with E-state index >= 15 is 0 Å². The number of thiophene rings is 1. The maximum Gasteiger partial charge on any atom is 0.262 e. The van der Waals surface area contributed by atoms with Gasteiger partial charge in [-0.05, 0) is 25.4 Å². The highest BCUT2D eigenvalue weighted by atomic mass is 35.5. The Labute approximate surface area is 126 Å². The quantitative estimate of drug-likeness (QED) is 0.847. The SMILES string of the molecule is CNC(C)CNC(=O)Cn1cnc2sccc2c1=O.Cl. The highest BCUT2D eigenvalue weighted by Crippen LogP contribution is 2.12. The number of aromatic nitrogens is 2. The molecule has 0 fully saturated rings. The number of carbonyl (C=O) groups excluding carboxylic acids is 1. The number of nitrogens with one attached hydrogen (secondary N) is 2. The molecular weight excluding hydrogens is 300 g/mol. The summed E-state index contributed by atoms with van der Waals surface area (Å²) >= 11 is 1.41. The largest absolute Gasteiger partial charge is 0.353 e. The van der Waals surface area contributed by atoms with Crippen molar-refractivity contribution in [2.24, 2.45) is 0 Å². The third-order valence-corrected chi connectivity index (χ3v) is 3.68. The first-order valence-corrected chi connectivity index (χ1v) is 6.86. The monoisotopic (exact) mass is 316 g/mol. The highest BCUT2D eigenvalue weighted by molar-refractivity contribution is 7.16. The molecule has 2 aromatic heterocycles. The molecule has 0 aliphatic rings. The molecule has 0 saturated heterocycles. The van der Waals surface area contributed by atoms with Gasteiger partial charge in [0, 0.05) is 12.6 Å². The molecule has 2 N–H and O–H groups in total. The average Bonchev–Trinajstić information content (AvgIpc) is 2.88. The molecule has 0 aliphatic carbocycles. The van der Waals surface area contributed by atoms with Crippen molar-refractivity contribution in [3.8, 4) is 0 Å². The Kier molecular flexibility index (Phi) is 6.12. The van der Waals surface area contributed by atoms with Crippen LogP contribution in [0.25, 0.3) is 10.2 Å². The topological polar surface area (TPSA) is 76.0 Å². The van der Waals surface area contributed by atoms with E-state index in [4.69, 9.17) is 0 Å². The van der Waals surface area contributed by atoms with E-state index in [9.17, 15) is 9.59 Å². The Balaban J connectivity index is 0.00000200. The summed E-state index contributed by atoms with van der Waals surface area (Å²) in [5.74, 6) is -0.194. The lowest BCUT2D eigenvalue weighted by Crippen LogP contribution is -2.39. The molecule has 0 aromatic carbocycles. The number of amides is 1. The number of fused-ring (bicyclic) bond motifs is 1. The molecule has 2 heterocycles. The van der Waals surface area contributed by atoms with Gasteiger partial charge in [-0.2, -0.15) is 0 Å². The van der Waals surface area contributed by atoms with Gasteiger partial charge in [0.1, 0.15) is 11.4 Å². The van der Waals surface area contributed by atoms with Crippen molar-refractivity contribution >= 4 is 39.9 Å². The Hall–Kier alpha value is -1.44. The second-order valence-corrected chi connectivity index (χ2v) is 5.21. The van der Waals surface area contributed by atoms with Gasteiger partial charge in [-0.25, -0.2) is 4.98 Å². The van der Waals surface area contributed by atoms with E-state index < -0.39 is 0 Å². The first-order valence-electron chi connectivity index (χ1n) is 5.98. The number of rotatable bonds is 5. The maximum absolute atomic E-state index is 12.1. The zero-order valence-electron chi connectivity index (χ0n) is 11.3. The zero-order chi connectivity index (χ0) is 13.8. The van der Waals surface area contributed by atoms with Gasteiger partial charge in [-0.15, -0.1) is 23.7 Å². The average molecular weight is 317 g/mol. The van der Waals surface area contributed by atoms with Crippen LogP contribution in [0.3, 0.4) is 0 Å². The summed E-state index contributed by atoms with van der Waals surface area (Å²) < 4.78 is 1.33. The number of likely N-dealkylation sites (N-methyl/N-ethyl adjacent to an activating group) is 1. The molecule has 110 valence electrons. The second kappa shape index (κ2) is 7.37. The summed E-state index contributed by atoms with van der Waals surface area (Å²) in [5, 5.41) is 8.16. The van der Waals surface area contributed by atoms with Crippen molar-refractivity contribution in [3.05, 3.63) is 28.1 Å². The van der Waals surface area contributed by atoms with Gasteiger partial charge in [-0.3, -0.25) is 14.2 Å². The summed E-state index contributed by atoms with van der Waals surface area (Å²) in [6.45, 7) is 2.48. The third kappa shape index (κ3) is 3.78. The third-order valence-electron chi connectivity index (χ3n) is 2.86. The first kappa shape index (κ1) is 16.6. The fraction of sp³-hybridized carbons (Fsp3) is 0.417. The molecule has 0 radical (unpaired) electrons. The molecule has 1 atom stereocenters. The molecule has 1 amide bonds. The number of nitrogens with zero attached hydrogens (tertiary/aromatic N) is 2. The van der Waals surface area contributed by atoms with Crippen LogP contribution in [0.4, 0.5) is 0 Å². The zero-order valence-corrected chi connectivity index (χ0v) is 12.9. The lowest BCUT2D eigenvalue weighted by molar-refractivity contribution is -0.121. The van der Waals surface area contributed by atoms with Crippen molar-refractivity contribution in [1.82, 2.24) is 20.2 Å². The molecule has 20 heavy (non-hydrogen) atoms. The molecule has 0 aliphatic heterocycles. The fourth-order valence-corrected chi connectivity index (χ4v) is 2.31. The van der Waals surface area contributed by atoms with Crippen LogP contribution in [-0.2, 0) is 11.3 Å². The van der Waals surface area contributed by atoms with E-state index in [2.05, 4.69) is 15.6 Å². The molecule has 1 unspecified atom stereocenters. The summed E-state index contributed by atoms with van der Waals surface area (Å²) in [4.78, 5) is 28.6. The lowest BCUT2D eigenvalue weighted by Gasteiger charge is -2.11. The molecule has 6 nitrogen and oxygen atoms in total. The van der Waals surface area contributed by atoms with Gasteiger partial charge >= 0.3 is 0 Å². The summed E-state index contributed by atoms with van der Waals surface area (Å²) in [6, 6.07) is 1.92. The van der Waals surface area contributed by atoms with Crippen molar-refractivity contribution in [3.63, 3.8) is 0 Å². The van der Waals surface area contributed by atoms with Crippen molar-refractivity contribution in [2.45, 2.75) is 19.5 Å². The summed E-state index contributed by atoms with van der Waals surface area (Å²) in [6.07, 6.45) is 1.42. The van der Waals surface area contributed by atoms with E-state index in [0.717, 1.165) is 0 Å². The molecular formula is C12H17ClN4O2S. The minimum atomic E-state index is -0.194. The van der Waals surface area contributed by atoms with Crippen LogP contribution in [0.5, 0.6) is 0 Å². The van der Waals surface area contributed by atoms with Crippen molar-refractivity contribution in [1.29, 1.82) is 0 Å². The number of hydrogen-bond acceptors (Lipinski definition) is 5. The second-order valence-electron chi connectivity index (χ2n) is 4.31. The van der Waals surface area contributed by atoms with E-state index in [1.165, 1.54) is 22.2 Å². The molecule has 0 spiro atoms. The highest BCUT2D eigenvalue weighted by Gasteiger charge is 2.09. The van der Waals surface area contributed by atoms with E-state index in [-0.39, 0.29) is 36.5 Å². The van der Waals surface area contributed by atoms with Gasteiger partial charge in [0.2, 0.25) is 5.91 Å². The van der Waals surface area contributed by atoms with Crippen LogP contribution in [0.15, 0.2) is 22.6 Å². The first-order chi connectivity index (χ1) is 9.11. The fourth-order valence-electron chi connectivity index (χ4n) is 1.59. The normalized spacial score (nSPS) is 11.9. The minimum Gasteiger partial charge on any atom is -0.353 e. The molecule has 0 saturated carbocycles. The van der Waals surface area contributed by atoms with Crippen LogP contribution in [0.1, 0.15) is 6.92 Å². The van der Waals surface area contributed by atoms with Crippen LogP contribution >= 0.6 is 23.7 Å². The van der Waals surface area contributed by atoms with Crippen LogP contribution < -0.4 is 16.2 Å². The molecule has 8 heteroatoms. The standard InChI is InChI=1S/C12H16N4O2S.ClH/c1-8(13-2)5-14-10(17)6-16-7-15-11-9(12(16)18)3-4-19-11;/h3-4,7-8,13H,5-6H2,1-2H3,(H,14,17);1H. The maximum atomic E-state index is 12.1. The van der Waals surface area contributed by atoms with Crippen LogP contribution in [-0.4, -0.2) is 35.1 Å². The smallest absolute Gasteiger partial charge is 0.262 e. The number of carbonyl (C=O) groups is 1. The Morgan fingerprint density at radius 2 is 2.30 bits per heavy atom. The van der Waals surface area contributed by atoms with E-state index in [1.807, 2.05) is 19.4 Å². The van der Waals surface area contributed by atoms with Gasteiger partial charge in [-0.1, -0.05) is 0 Å². The van der Waals surface area contributed by atoms with Gasteiger partial charge < -0.3 is 10.6 Å². The molecule has 0 bridgehead atoms. The molecule has 2 aromatic rings. The van der Waals surface area contributed by atoms with Gasteiger partial charge in [0.05, 0.1) is 11.7 Å². The predicted octanol–water partition coefficient (Wildman–Crippen LogP) is 0.604. The number of halogens is 1. The van der Waals surface area contributed by atoms with Crippen molar-refractivity contribution < 1.29 is 4.79 Å². The summed E-state index contributed by atoms with van der Waals surface area (Å²) in [5.41, 5.74) is -0.178. The minimum absolute atomic E-state index is 0. The number of hydrogen-bond donors (Lipinski definition) is 2. The van der Waals surface area contributed by atoms with E-state index in [1.54, 1.807) is 6.07 Å².